The topological polar surface area (TPSA) is 66.0 Å². The van der Waals surface area contributed by atoms with Crippen molar-refractivity contribution < 1.29 is 9.26 Å². The molecule has 0 amide bonds. The number of aryl methyl sites for hydroxylation is 2. The van der Waals surface area contributed by atoms with E-state index in [9.17, 15) is 0 Å². The molecule has 6 heteroatoms. The summed E-state index contributed by atoms with van der Waals surface area (Å²) in [6.07, 6.45) is 3.54. The van der Waals surface area contributed by atoms with Crippen LogP contribution < -0.4 is 0 Å². The Morgan fingerprint density at radius 1 is 1.29 bits per heavy atom. The number of nitrogens with zero attached hydrogens (tertiary/aromatic N) is 4. The second-order valence-electron chi connectivity index (χ2n) is 5.28. The number of hydrogen-bond acceptors (Lipinski definition) is 5. The van der Waals surface area contributed by atoms with E-state index in [-0.39, 0.29) is 5.92 Å². The van der Waals surface area contributed by atoms with Gasteiger partial charge < -0.3 is 13.8 Å². The van der Waals surface area contributed by atoms with E-state index in [4.69, 9.17) is 9.26 Å². The number of imidazole rings is 1. The number of fused-ring (bicyclic) bond motifs is 1. The molecule has 0 radical (unpaired) electrons. The van der Waals surface area contributed by atoms with Gasteiger partial charge in [-0.2, -0.15) is 4.98 Å². The zero-order valence-corrected chi connectivity index (χ0v) is 11.6. The first-order valence-corrected chi connectivity index (χ1v) is 7.20. The van der Waals surface area contributed by atoms with Gasteiger partial charge in [-0.3, -0.25) is 0 Å². The van der Waals surface area contributed by atoms with Crippen molar-refractivity contribution in [3.05, 3.63) is 42.3 Å². The van der Waals surface area contributed by atoms with E-state index in [1.165, 1.54) is 0 Å². The monoisotopic (exact) mass is 284 g/mol. The van der Waals surface area contributed by atoms with Crippen LogP contribution in [0.25, 0.3) is 11.0 Å². The van der Waals surface area contributed by atoms with E-state index in [0.29, 0.717) is 18.9 Å². The summed E-state index contributed by atoms with van der Waals surface area (Å²) in [5, 5.41) is 4.07. The highest BCUT2D eigenvalue weighted by Crippen LogP contribution is 2.22. The number of aromatic nitrogens is 4. The highest BCUT2D eigenvalue weighted by Gasteiger charge is 2.22. The maximum Gasteiger partial charge on any atom is 0.228 e. The second-order valence-corrected chi connectivity index (χ2v) is 5.28. The lowest BCUT2D eigenvalue weighted by molar-refractivity contribution is 0.192. The average Bonchev–Trinajstić information content (AvgIpc) is 3.25. The van der Waals surface area contributed by atoms with Crippen LogP contribution in [0.5, 0.6) is 0 Å². The van der Waals surface area contributed by atoms with Gasteiger partial charge in [-0.25, -0.2) is 4.98 Å². The SMILES string of the molecule is c1ccc2c(c1)ncn2CCc1nc([C@H]2CCOC2)no1. The quantitative estimate of drug-likeness (QED) is 0.734. The largest absolute Gasteiger partial charge is 0.381 e. The third-order valence-corrected chi connectivity index (χ3v) is 3.87. The van der Waals surface area contributed by atoms with Crippen molar-refractivity contribution in [3.8, 4) is 0 Å². The van der Waals surface area contributed by atoms with Gasteiger partial charge in [0.1, 0.15) is 0 Å². The van der Waals surface area contributed by atoms with Gasteiger partial charge in [0.25, 0.3) is 0 Å². The molecule has 1 aromatic carbocycles. The van der Waals surface area contributed by atoms with Gasteiger partial charge in [-0.15, -0.1) is 0 Å². The average molecular weight is 284 g/mol. The summed E-state index contributed by atoms with van der Waals surface area (Å²) >= 11 is 0. The summed E-state index contributed by atoms with van der Waals surface area (Å²) in [4.78, 5) is 8.86. The van der Waals surface area contributed by atoms with E-state index in [1.807, 2.05) is 24.5 Å². The second kappa shape index (κ2) is 5.29. The Labute approximate surface area is 121 Å². The number of rotatable bonds is 4. The van der Waals surface area contributed by atoms with Gasteiger partial charge in [-0.1, -0.05) is 17.3 Å². The normalized spacial score (nSPS) is 18.6. The van der Waals surface area contributed by atoms with Gasteiger partial charge in [0.05, 0.1) is 24.0 Å². The van der Waals surface area contributed by atoms with E-state index < -0.39 is 0 Å². The molecular weight excluding hydrogens is 268 g/mol. The Balaban J connectivity index is 1.47. The number of para-hydroxylation sites is 2. The van der Waals surface area contributed by atoms with Gasteiger partial charge in [0.15, 0.2) is 5.82 Å². The van der Waals surface area contributed by atoms with E-state index in [1.54, 1.807) is 0 Å². The summed E-state index contributed by atoms with van der Waals surface area (Å²) in [5.41, 5.74) is 2.13. The first-order chi connectivity index (χ1) is 10.4. The molecule has 1 saturated heterocycles. The predicted molar refractivity (Wildman–Crippen MR) is 75.9 cm³/mol. The highest BCUT2D eigenvalue weighted by atomic mass is 16.5. The lowest BCUT2D eigenvalue weighted by atomic mass is 10.1. The predicted octanol–water partition coefficient (Wildman–Crippen LogP) is 2.17. The Hall–Kier alpha value is -2.21. The molecule has 0 aliphatic carbocycles. The summed E-state index contributed by atoms with van der Waals surface area (Å²) < 4.78 is 12.8. The van der Waals surface area contributed by atoms with Crippen molar-refractivity contribution in [3.63, 3.8) is 0 Å². The summed E-state index contributed by atoms with van der Waals surface area (Å²) in [6, 6.07) is 8.09. The minimum Gasteiger partial charge on any atom is -0.381 e. The lowest BCUT2D eigenvalue weighted by Gasteiger charge is -2.01. The molecule has 1 fully saturated rings. The molecule has 0 saturated carbocycles. The molecule has 21 heavy (non-hydrogen) atoms. The zero-order chi connectivity index (χ0) is 14.1. The molecule has 1 aliphatic rings. The molecule has 0 unspecified atom stereocenters. The number of ether oxygens (including phenoxy) is 1. The van der Waals surface area contributed by atoms with Crippen molar-refractivity contribution in [1.29, 1.82) is 0 Å². The van der Waals surface area contributed by atoms with Crippen LogP contribution in [0, 0.1) is 0 Å². The molecule has 6 nitrogen and oxygen atoms in total. The minimum atomic E-state index is 0.288. The van der Waals surface area contributed by atoms with Crippen LogP contribution >= 0.6 is 0 Å². The number of benzene rings is 1. The maximum atomic E-state index is 5.35. The molecule has 1 aliphatic heterocycles. The Bertz CT molecular complexity index is 743. The molecule has 3 aromatic rings. The fraction of sp³-hybridized carbons (Fsp3) is 0.400. The van der Waals surface area contributed by atoms with E-state index in [0.717, 1.165) is 36.4 Å². The van der Waals surface area contributed by atoms with Crippen molar-refractivity contribution in [2.75, 3.05) is 13.2 Å². The molecule has 3 heterocycles. The molecule has 1 atom stereocenters. The van der Waals surface area contributed by atoms with E-state index >= 15 is 0 Å². The van der Waals surface area contributed by atoms with Gasteiger partial charge in [-0.05, 0) is 18.6 Å². The molecule has 2 aromatic heterocycles. The van der Waals surface area contributed by atoms with Crippen LogP contribution in [0.1, 0.15) is 24.1 Å². The van der Waals surface area contributed by atoms with Crippen molar-refractivity contribution in [2.45, 2.75) is 25.3 Å². The van der Waals surface area contributed by atoms with Gasteiger partial charge in [0, 0.05) is 25.5 Å². The molecule has 108 valence electrons. The summed E-state index contributed by atoms with van der Waals surface area (Å²) in [7, 11) is 0. The molecule has 0 N–H and O–H groups in total. The standard InChI is InChI=1S/C15H16N4O2/c1-2-4-13-12(3-1)16-10-19(13)7-5-14-17-15(18-21-14)11-6-8-20-9-11/h1-4,10-11H,5-9H2/t11-/m0/s1. The Morgan fingerprint density at radius 3 is 3.14 bits per heavy atom. The third-order valence-electron chi connectivity index (χ3n) is 3.87. The Kier molecular flexibility index (Phi) is 3.16. The van der Waals surface area contributed by atoms with Crippen molar-refractivity contribution >= 4 is 11.0 Å². The van der Waals surface area contributed by atoms with Crippen LogP contribution in [0.3, 0.4) is 0 Å². The smallest absolute Gasteiger partial charge is 0.228 e. The highest BCUT2D eigenvalue weighted by molar-refractivity contribution is 5.74. The Morgan fingerprint density at radius 2 is 2.24 bits per heavy atom. The van der Waals surface area contributed by atoms with Crippen molar-refractivity contribution in [2.24, 2.45) is 0 Å². The van der Waals surface area contributed by atoms with Crippen LogP contribution in [-0.2, 0) is 17.7 Å². The van der Waals surface area contributed by atoms with Crippen LogP contribution in [0.2, 0.25) is 0 Å². The van der Waals surface area contributed by atoms with Crippen LogP contribution in [0.15, 0.2) is 35.1 Å². The fourth-order valence-electron chi connectivity index (χ4n) is 2.68. The molecular formula is C15H16N4O2. The first kappa shape index (κ1) is 12.5. The zero-order valence-electron chi connectivity index (χ0n) is 11.6. The summed E-state index contributed by atoms with van der Waals surface area (Å²) in [6.45, 7) is 2.27. The van der Waals surface area contributed by atoms with Crippen molar-refractivity contribution in [1.82, 2.24) is 19.7 Å². The molecule has 0 bridgehead atoms. The minimum absolute atomic E-state index is 0.288. The van der Waals surface area contributed by atoms with Gasteiger partial charge in [0.2, 0.25) is 5.89 Å². The van der Waals surface area contributed by atoms with Gasteiger partial charge >= 0.3 is 0 Å². The molecule has 4 rings (SSSR count). The fourth-order valence-corrected chi connectivity index (χ4v) is 2.68. The molecule has 0 spiro atoms. The van der Waals surface area contributed by atoms with E-state index in [2.05, 4.69) is 25.8 Å². The van der Waals surface area contributed by atoms with Crippen LogP contribution in [-0.4, -0.2) is 32.9 Å². The van der Waals surface area contributed by atoms with Crippen LogP contribution in [0.4, 0.5) is 0 Å². The lowest BCUT2D eigenvalue weighted by Crippen LogP contribution is -2.02. The summed E-state index contributed by atoms with van der Waals surface area (Å²) in [5.74, 6) is 1.74. The first-order valence-electron chi connectivity index (χ1n) is 7.20. The number of hydrogen-bond donors (Lipinski definition) is 0. The maximum absolute atomic E-state index is 5.35. The third kappa shape index (κ3) is 2.42.